The Kier molecular flexibility index (Phi) is 7.72. The molecule has 1 aliphatic heterocycles. The lowest BCUT2D eigenvalue weighted by molar-refractivity contribution is -0.122. The Balaban J connectivity index is 1.45. The highest BCUT2D eigenvalue weighted by atomic mass is 127. The number of carbonyl (C=O) groups excluding carboxylic acids is 3. The quantitative estimate of drug-likeness (QED) is 0.137. The molecule has 0 aromatic heterocycles. The van der Waals surface area contributed by atoms with Crippen LogP contribution in [0.2, 0.25) is 0 Å². The molecular formula is C30H22BrIN2O5. The molecule has 0 unspecified atom stereocenters. The van der Waals surface area contributed by atoms with Gasteiger partial charge in [-0.2, -0.15) is 0 Å². The molecule has 4 aromatic rings. The van der Waals surface area contributed by atoms with E-state index in [2.05, 4.69) is 62.0 Å². The fraction of sp³-hybridized carbons (Fsp3) is 0.100. The van der Waals surface area contributed by atoms with Crippen LogP contribution in [-0.2, 0) is 16.2 Å². The first-order valence-electron chi connectivity index (χ1n) is 11.9. The molecule has 0 radical (unpaired) electrons. The van der Waals surface area contributed by atoms with Crippen molar-refractivity contribution in [1.29, 1.82) is 0 Å². The first-order chi connectivity index (χ1) is 18.8. The predicted molar refractivity (Wildman–Crippen MR) is 162 cm³/mol. The van der Waals surface area contributed by atoms with Crippen LogP contribution in [0.4, 0.5) is 10.5 Å². The number of ether oxygens (including phenoxy) is 2. The van der Waals surface area contributed by atoms with Crippen LogP contribution >= 0.6 is 38.5 Å². The number of fused-ring (bicyclic) bond motifs is 1. The number of halogens is 2. The minimum absolute atomic E-state index is 0.167. The van der Waals surface area contributed by atoms with Gasteiger partial charge in [0.1, 0.15) is 12.2 Å². The van der Waals surface area contributed by atoms with E-state index in [0.717, 1.165) is 29.3 Å². The van der Waals surface area contributed by atoms with Gasteiger partial charge in [0.2, 0.25) is 0 Å². The number of urea groups is 1. The van der Waals surface area contributed by atoms with Crippen molar-refractivity contribution in [3.63, 3.8) is 0 Å². The second-order valence-electron chi connectivity index (χ2n) is 8.85. The third-order valence-corrected chi connectivity index (χ3v) is 7.61. The number of methoxy groups -OCH3 is 1. The van der Waals surface area contributed by atoms with E-state index in [0.29, 0.717) is 34.9 Å². The Labute approximate surface area is 247 Å². The SMILES string of the molecule is COc1cc(/C=C2/C(=O)NC(=O)N(c3ccc(Br)cc3C)C2=O)cc(I)c1OCc1cccc2ccccc12. The van der Waals surface area contributed by atoms with Gasteiger partial charge in [0.25, 0.3) is 11.8 Å². The van der Waals surface area contributed by atoms with Gasteiger partial charge in [0, 0.05) is 4.47 Å². The Hall–Kier alpha value is -3.70. The first kappa shape index (κ1) is 26.9. The fourth-order valence-electron chi connectivity index (χ4n) is 4.44. The summed E-state index contributed by atoms with van der Waals surface area (Å²) in [6, 6.07) is 22.0. The van der Waals surface area contributed by atoms with Crippen molar-refractivity contribution in [2.45, 2.75) is 13.5 Å². The average Bonchev–Trinajstić information content (AvgIpc) is 2.91. The van der Waals surface area contributed by atoms with E-state index >= 15 is 0 Å². The van der Waals surface area contributed by atoms with Crippen molar-refractivity contribution in [1.82, 2.24) is 5.32 Å². The summed E-state index contributed by atoms with van der Waals surface area (Å²) in [5.41, 5.74) is 2.51. The zero-order valence-electron chi connectivity index (χ0n) is 21.0. The lowest BCUT2D eigenvalue weighted by Crippen LogP contribution is -2.54. The minimum atomic E-state index is -0.795. The Morgan fingerprint density at radius 1 is 1.00 bits per heavy atom. The van der Waals surface area contributed by atoms with Crippen LogP contribution in [0.15, 0.2) is 82.8 Å². The molecule has 4 amide bonds. The monoisotopic (exact) mass is 696 g/mol. The van der Waals surface area contributed by atoms with Gasteiger partial charge >= 0.3 is 6.03 Å². The summed E-state index contributed by atoms with van der Waals surface area (Å²) in [6.45, 7) is 2.11. The summed E-state index contributed by atoms with van der Waals surface area (Å²) in [4.78, 5) is 39.7. The van der Waals surface area contributed by atoms with Crippen molar-refractivity contribution in [3.05, 3.63) is 103 Å². The van der Waals surface area contributed by atoms with E-state index in [9.17, 15) is 14.4 Å². The van der Waals surface area contributed by atoms with E-state index in [1.54, 1.807) is 37.3 Å². The van der Waals surface area contributed by atoms with Crippen molar-refractivity contribution < 1.29 is 23.9 Å². The zero-order valence-corrected chi connectivity index (χ0v) is 24.7. The number of barbiturate groups is 1. The van der Waals surface area contributed by atoms with Crippen LogP contribution in [0.25, 0.3) is 16.8 Å². The summed E-state index contributed by atoms with van der Waals surface area (Å²) in [5, 5.41) is 4.50. The van der Waals surface area contributed by atoms with Gasteiger partial charge in [-0.25, -0.2) is 9.69 Å². The number of amides is 4. The number of nitrogens with one attached hydrogen (secondary N) is 1. The number of carbonyl (C=O) groups is 3. The molecule has 0 bridgehead atoms. The third-order valence-electron chi connectivity index (χ3n) is 6.32. The third kappa shape index (κ3) is 5.41. The second-order valence-corrected chi connectivity index (χ2v) is 10.9. The van der Waals surface area contributed by atoms with Gasteiger partial charge < -0.3 is 9.47 Å². The number of benzene rings is 4. The first-order valence-corrected chi connectivity index (χ1v) is 13.8. The summed E-state index contributed by atoms with van der Waals surface area (Å²) in [6.07, 6.45) is 1.45. The van der Waals surface area contributed by atoms with Crippen LogP contribution in [0.3, 0.4) is 0 Å². The molecule has 0 spiro atoms. The number of nitrogens with zero attached hydrogens (tertiary/aromatic N) is 1. The van der Waals surface area contributed by atoms with E-state index in [1.807, 2.05) is 24.3 Å². The zero-order chi connectivity index (χ0) is 27.7. The number of hydrogen-bond acceptors (Lipinski definition) is 5. The molecule has 4 aromatic carbocycles. The lowest BCUT2D eigenvalue weighted by atomic mass is 10.0. The van der Waals surface area contributed by atoms with Gasteiger partial charge in [0.05, 0.1) is 16.4 Å². The molecule has 1 heterocycles. The maximum Gasteiger partial charge on any atom is 0.335 e. The molecule has 39 heavy (non-hydrogen) atoms. The molecule has 0 atom stereocenters. The van der Waals surface area contributed by atoms with Crippen LogP contribution in [-0.4, -0.2) is 25.0 Å². The van der Waals surface area contributed by atoms with Gasteiger partial charge in [-0.3, -0.25) is 14.9 Å². The predicted octanol–water partition coefficient (Wildman–Crippen LogP) is 6.77. The molecule has 1 fully saturated rings. The molecule has 1 aliphatic rings. The molecule has 9 heteroatoms. The highest BCUT2D eigenvalue weighted by molar-refractivity contribution is 14.1. The molecule has 1 N–H and O–H groups in total. The van der Waals surface area contributed by atoms with Crippen molar-refractivity contribution >= 4 is 78.9 Å². The Morgan fingerprint density at radius 3 is 2.54 bits per heavy atom. The van der Waals surface area contributed by atoms with Gasteiger partial charge in [-0.1, -0.05) is 58.4 Å². The maximum atomic E-state index is 13.4. The molecule has 196 valence electrons. The summed E-state index contributed by atoms with van der Waals surface area (Å²) < 4.78 is 13.3. The van der Waals surface area contributed by atoms with Crippen molar-refractivity contribution in [3.8, 4) is 11.5 Å². The number of hydrogen-bond donors (Lipinski definition) is 1. The molecule has 7 nitrogen and oxygen atoms in total. The summed E-state index contributed by atoms with van der Waals surface area (Å²) >= 11 is 5.52. The molecule has 0 aliphatic carbocycles. The Morgan fingerprint density at radius 2 is 1.77 bits per heavy atom. The van der Waals surface area contributed by atoms with E-state index in [4.69, 9.17) is 9.47 Å². The largest absolute Gasteiger partial charge is 0.493 e. The lowest BCUT2D eigenvalue weighted by Gasteiger charge is -2.27. The number of rotatable bonds is 6. The number of anilines is 1. The summed E-state index contributed by atoms with van der Waals surface area (Å²) in [7, 11) is 1.53. The van der Waals surface area contributed by atoms with Gasteiger partial charge in [-0.05, 0) is 93.4 Å². The van der Waals surface area contributed by atoms with Crippen molar-refractivity contribution in [2.24, 2.45) is 0 Å². The smallest absolute Gasteiger partial charge is 0.335 e. The summed E-state index contributed by atoms with van der Waals surface area (Å²) in [5.74, 6) is -0.468. The number of imide groups is 2. The highest BCUT2D eigenvalue weighted by Gasteiger charge is 2.37. The second kappa shape index (κ2) is 11.2. The highest BCUT2D eigenvalue weighted by Crippen LogP contribution is 2.36. The molecular weight excluding hydrogens is 675 g/mol. The van der Waals surface area contributed by atoms with E-state index < -0.39 is 17.8 Å². The molecule has 0 saturated carbocycles. The standard InChI is InChI=1S/C30H22BrIN2O5/c1-17-12-21(31)10-11-25(17)34-29(36)23(28(35)33-30(34)37)13-18-14-24(32)27(26(15-18)38-2)39-16-20-8-5-7-19-6-3-4-9-22(19)20/h3-15H,16H2,1-2H3,(H,33,35,37)/b23-13-. The van der Waals surface area contributed by atoms with Gasteiger partial charge in [-0.15, -0.1) is 0 Å². The van der Waals surface area contributed by atoms with E-state index in [1.165, 1.54) is 13.2 Å². The fourth-order valence-corrected chi connectivity index (χ4v) is 5.70. The topological polar surface area (TPSA) is 84.9 Å². The average molecular weight is 697 g/mol. The van der Waals surface area contributed by atoms with E-state index in [-0.39, 0.29) is 5.57 Å². The minimum Gasteiger partial charge on any atom is -0.493 e. The van der Waals surface area contributed by atoms with Crippen LogP contribution in [0, 0.1) is 10.5 Å². The molecule has 1 saturated heterocycles. The number of aryl methyl sites for hydroxylation is 1. The Bertz CT molecular complexity index is 1680. The van der Waals surface area contributed by atoms with Gasteiger partial charge in [0.15, 0.2) is 11.5 Å². The normalized spacial score (nSPS) is 14.6. The van der Waals surface area contributed by atoms with Crippen LogP contribution in [0.1, 0.15) is 16.7 Å². The molecule has 5 rings (SSSR count). The van der Waals surface area contributed by atoms with Crippen LogP contribution in [0.5, 0.6) is 11.5 Å². The van der Waals surface area contributed by atoms with Crippen LogP contribution < -0.4 is 19.7 Å². The van der Waals surface area contributed by atoms with Crippen molar-refractivity contribution in [2.75, 3.05) is 12.0 Å². The maximum absolute atomic E-state index is 13.4.